The van der Waals surface area contributed by atoms with E-state index in [4.69, 9.17) is 9.97 Å². The summed E-state index contributed by atoms with van der Waals surface area (Å²) in [6.07, 6.45) is 8.50. The van der Waals surface area contributed by atoms with Gasteiger partial charge in [-0.3, -0.25) is 4.90 Å². The second kappa shape index (κ2) is 12.9. The highest BCUT2D eigenvalue weighted by atomic mass is 16.3. The average molecular weight is 640 g/mol. The molecule has 0 bridgehead atoms. The first-order valence-electron chi connectivity index (χ1n) is 17.7. The molecule has 0 saturated heterocycles. The number of benzene rings is 5. The van der Waals surface area contributed by atoms with Gasteiger partial charge < -0.3 is 5.11 Å². The van der Waals surface area contributed by atoms with E-state index in [2.05, 4.69) is 122 Å². The first kappa shape index (κ1) is 30.8. The molecule has 0 saturated carbocycles. The van der Waals surface area contributed by atoms with E-state index in [0.717, 1.165) is 89.0 Å². The van der Waals surface area contributed by atoms with Crippen molar-refractivity contribution in [3.63, 3.8) is 0 Å². The van der Waals surface area contributed by atoms with Gasteiger partial charge in [-0.1, -0.05) is 124 Å². The van der Waals surface area contributed by atoms with Crippen LogP contribution >= 0.6 is 0 Å². The van der Waals surface area contributed by atoms with Gasteiger partial charge in [0.05, 0.1) is 17.1 Å². The second-order valence-electron chi connectivity index (χ2n) is 13.3. The van der Waals surface area contributed by atoms with Crippen molar-refractivity contribution in [2.75, 3.05) is 4.90 Å². The number of hydrogen-bond donors (Lipinski definition) is 1. The van der Waals surface area contributed by atoms with Crippen LogP contribution in [0, 0.1) is 0 Å². The van der Waals surface area contributed by atoms with Gasteiger partial charge in [-0.25, -0.2) is 9.97 Å². The Morgan fingerprint density at radius 2 is 1.35 bits per heavy atom. The molecule has 5 aromatic carbocycles. The molecule has 0 atom stereocenters. The summed E-state index contributed by atoms with van der Waals surface area (Å²) < 4.78 is 0. The van der Waals surface area contributed by atoms with E-state index in [-0.39, 0.29) is 5.41 Å². The SMILES string of the molecule is CCCCC1(CCCC)c2ccc(-c3cccc(N(c4ccccn4)c4c5ccccc5cc5ccccc45)c3)nc2-c2c(O)cccc21. The fourth-order valence-electron chi connectivity index (χ4n) is 8.05. The third-order valence-corrected chi connectivity index (χ3v) is 10.4. The fraction of sp³-hybridized carbons (Fsp3) is 0.200. The number of phenols is 1. The van der Waals surface area contributed by atoms with Gasteiger partial charge in [0, 0.05) is 39.2 Å². The molecule has 0 unspecified atom stereocenters. The highest BCUT2D eigenvalue weighted by Crippen LogP contribution is 2.56. The molecular weight excluding hydrogens is 599 g/mol. The summed E-state index contributed by atoms with van der Waals surface area (Å²) >= 11 is 0. The molecule has 242 valence electrons. The van der Waals surface area contributed by atoms with Crippen molar-refractivity contribution in [2.45, 2.75) is 57.8 Å². The molecule has 1 aliphatic carbocycles. The molecule has 49 heavy (non-hydrogen) atoms. The molecule has 0 fully saturated rings. The zero-order valence-electron chi connectivity index (χ0n) is 28.2. The molecular formula is C45H41N3O. The van der Waals surface area contributed by atoms with Gasteiger partial charge in [0.2, 0.25) is 0 Å². The second-order valence-corrected chi connectivity index (χ2v) is 13.3. The Kier molecular flexibility index (Phi) is 8.09. The number of nitrogens with zero attached hydrogens (tertiary/aromatic N) is 3. The van der Waals surface area contributed by atoms with Crippen LogP contribution < -0.4 is 4.90 Å². The number of fused-ring (bicyclic) bond motifs is 5. The smallest absolute Gasteiger partial charge is 0.137 e. The van der Waals surface area contributed by atoms with Gasteiger partial charge in [-0.2, -0.15) is 0 Å². The Bertz CT molecular complexity index is 2230. The third-order valence-electron chi connectivity index (χ3n) is 10.4. The van der Waals surface area contributed by atoms with Crippen LogP contribution in [0.25, 0.3) is 44.1 Å². The Hall–Kier alpha value is -5.48. The zero-order valence-corrected chi connectivity index (χ0v) is 28.2. The minimum Gasteiger partial charge on any atom is -0.507 e. The Labute approximate surface area is 288 Å². The lowest BCUT2D eigenvalue weighted by Crippen LogP contribution is -2.25. The largest absolute Gasteiger partial charge is 0.507 e. The predicted molar refractivity (Wildman–Crippen MR) is 204 cm³/mol. The van der Waals surface area contributed by atoms with Crippen molar-refractivity contribution >= 4 is 38.7 Å². The molecule has 0 spiro atoms. The fourth-order valence-corrected chi connectivity index (χ4v) is 8.05. The number of unbranched alkanes of at least 4 members (excludes halogenated alkanes) is 2. The first-order valence-corrected chi connectivity index (χ1v) is 17.7. The summed E-state index contributed by atoms with van der Waals surface area (Å²) in [6, 6.07) is 44.7. The molecule has 1 N–H and O–H groups in total. The molecule has 4 nitrogen and oxygen atoms in total. The third kappa shape index (κ3) is 5.23. The summed E-state index contributed by atoms with van der Waals surface area (Å²) in [4.78, 5) is 12.5. The molecule has 7 aromatic rings. The van der Waals surface area contributed by atoms with Crippen LogP contribution in [-0.2, 0) is 5.41 Å². The highest BCUT2D eigenvalue weighted by molar-refractivity contribution is 6.14. The number of rotatable bonds is 10. The molecule has 8 rings (SSSR count). The van der Waals surface area contributed by atoms with E-state index >= 15 is 0 Å². The first-order chi connectivity index (χ1) is 24.1. The molecule has 0 aliphatic heterocycles. The van der Waals surface area contributed by atoms with E-state index < -0.39 is 0 Å². The summed E-state index contributed by atoms with van der Waals surface area (Å²) in [5.41, 5.74) is 8.18. The minimum atomic E-state index is -0.131. The van der Waals surface area contributed by atoms with E-state index in [9.17, 15) is 5.11 Å². The number of aromatic hydroxyl groups is 1. The van der Waals surface area contributed by atoms with Crippen LogP contribution in [0.15, 0.2) is 134 Å². The summed E-state index contributed by atoms with van der Waals surface area (Å²) in [7, 11) is 0. The van der Waals surface area contributed by atoms with E-state index in [1.807, 2.05) is 30.5 Å². The van der Waals surface area contributed by atoms with E-state index in [1.54, 1.807) is 0 Å². The van der Waals surface area contributed by atoms with Gasteiger partial charge in [0.1, 0.15) is 11.6 Å². The van der Waals surface area contributed by atoms with Crippen LogP contribution in [0.5, 0.6) is 5.75 Å². The van der Waals surface area contributed by atoms with Gasteiger partial charge in [-0.05, 0) is 77.2 Å². The maximum absolute atomic E-state index is 11.3. The van der Waals surface area contributed by atoms with Crippen molar-refractivity contribution in [1.29, 1.82) is 0 Å². The molecule has 2 heterocycles. The lowest BCUT2D eigenvalue weighted by Gasteiger charge is -2.32. The van der Waals surface area contributed by atoms with Crippen LogP contribution in [0.1, 0.15) is 63.5 Å². The molecule has 0 radical (unpaired) electrons. The lowest BCUT2D eigenvalue weighted by molar-refractivity contribution is 0.412. The summed E-state index contributed by atoms with van der Waals surface area (Å²) in [6.45, 7) is 4.52. The van der Waals surface area contributed by atoms with Crippen molar-refractivity contribution in [3.8, 4) is 28.3 Å². The number of aromatic nitrogens is 2. The average Bonchev–Trinajstić information content (AvgIpc) is 3.43. The number of hydrogen-bond acceptors (Lipinski definition) is 4. The quantitative estimate of drug-likeness (QED) is 0.151. The highest BCUT2D eigenvalue weighted by Gasteiger charge is 2.44. The lowest BCUT2D eigenvalue weighted by atomic mass is 9.71. The van der Waals surface area contributed by atoms with Crippen LogP contribution in [0.3, 0.4) is 0 Å². The van der Waals surface area contributed by atoms with E-state index in [1.165, 1.54) is 21.9 Å². The summed E-state index contributed by atoms with van der Waals surface area (Å²) in [5.74, 6) is 1.16. The normalized spacial score (nSPS) is 13.0. The van der Waals surface area contributed by atoms with Crippen LogP contribution in [0.4, 0.5) is 17.2 Å². The monoisotopic (exact) mass is 639 g/mol. The topological polar surface area (TPSA) is 49.2 Å². The summed E-state index contributed by atoms with van der Waals surface area (Å²) in [5, 5.41) is 16.0. The Balaban J connectivity index is 1.31. The maximum Gasteiger partial charge on any atom is 0.137 e. The zero-order chi connectivity index (χ0) is 33.4. The molecule has 2 aromatic heterocycles. The minimum absolute atomic E-state index is 0.131. The molecule has 1 aliphatic rings. The van der Waals surface area contributed by atoms with E-state index in [0.29, 0.717) is 5.75 Å². The Morgan fingerprint density at radius 3 is 2.04 bits per heavy atom. The van der Waals surface area contributed by atoms with Crippen LogP contribution in [-0.4, -0.2) is 15.1 Å². The number of phenolic OH excluding ortho intramolecular Hbond substituents is 1. The van der Waals surface area contributed by atoms with Crippen molar-refractivity contribution in [3.05, 3.63) is 145 Å². The molecule has 4 heteroatoms. The maximum atomic E-state index is 11.3. The predicted octanol–water partition coefficient (Wildman–Crippen LogP) is 12.3. The number of pyridine rings is 2. The standard InChI is InChI=1S/C45H41N3O/c1-3-5-26-45(27-6-4-2)37-21-14-22-40(49)42(37)43-38(45)24-25-39(47-43)33-17-13-18-34(30-33)48(41-23-11-12-28-46-41)44-35-19-9-7-15-31(35)29-32-16-8-10-20-36(32)44/h7-25,28-30,49H,3-6,26-27H2,1-2H3. The number of anilines is 3. The van der Waals surface area contributed by atoms with Gasteiger partial charge in [-0.15, -0.1) is 0 Å². The van der Waals surface area contributed by atoms with Gasteiger partial charge in [0.25, 0.3) is 0 Å². The molecule has 0 amide bonds. The van der Waals surface area contributed by atoms with Crippen LogP contribution in [0.2, 0.25) is 0 Å². The van der Waals surface area contributed by atoms with Crippen molar-refractivity contribution in [2.24, 2.45) is 0 Å². The van der Waals surface area contributed by atoms with Gasteiger partial charge in [0.15, 0.2) is 0 Å². The van der Waals surface area contributed by atoms with Crippen molar-refractivity contribution < 1.29 is 5.11 Å². The Morgan fingerprint density at radius 1 is 0.653 bits per heavy atom. The van der Waals surface area contributed by atoms with Gasteiger partial charge >= 0.3 is 0 Å². The van der Waals surface area contributed by atoms with Crippen molar-refractivity contribution in [1.82, 2.24) is 9.97 Å².